The number of hydrogen-bond acceptors (Lipinski definition) is 13. The summed E-state index contributed by atoms with van der Waals surface area (Å²) in [5.41, 5.74) is 3.79. The van der Waals surface area contributed by atoms with Crippen LogP contribution in [0.15, 0.2) is 90.8 Å². The number of aromatic nitrogens is 2. The van der Waals surface area contributed by atoms with Gasteiger partial charge in [0.15, 0.2) is 5.78 Å². The number of esters is 1. The second-order valence-corrected chi connectivity index (χ2v) is 24.1. The number of nitrogens with zero attached hydrogens (tertiary/aromatic N) is 7. The Morgan fingerprint density at radius 2 is 1.57 bits per heavy atom. The molecule has 3 aromatic rings. The number of quaternary nitrogens is 1. The quantitative estimate of drug-likeness (QED) is 0.0346. The fourth-order valence-corrected chi connectivity index (χ4v) is 11.3. The van der Waals surface area contributed by atoms with Crippen LogP contribution in [0.25, 0.3) is 6.08 Å². The van der Waals surface area contributed by atoms with Crippen molar-refractivity contribution in [3.63, 3.8) is 0 Å². The summed E-state index contributed by atoms with van der Waals surface area (Å²) < 4.78 is 29.8. The summed E-state index contributed by atoms with van der Waals surface area (Å²) in [5, 5.41) is 17.9. The van der Waals surface area contributed by atoms with E-state index in [2.05, 4.69) is 17.5 Å². The predicted octanol–water partition coefficient (Wildman–Crippen LogP) is 6.86. The molecule has 84 heavy (non-hydrogen) atoms. The van der Waals surface area contributed by atoms with Gasteiger partial charge in [0.2, 0.25) is 11.8 Å². The molecule has 2 saturated heterocycles. The fourth-order valence-electron chi connectivity index (χ4n) is 11.3. The average Bonchev–Trinajstić information content (AvgIpc) is 3.98. The standard InChI is InChI=1S/C64H85FN8O11/c1-43(2)55(39-53(74)12-9-8-10-25-72-58(77)21-22-59(72)78)63(81)67-47(6)56(76)37-48-15-17-49(18-16-48)42-73(7)32-30-70(31-33-73)64(82)83-57-20-14-45(4)62(84-61(80)40-54(75)19-13-44(57)3)46(5)34-50-35-51(65)38-52(36-50)68-26-28-69(29-27-68)60(79)41-71-24-11-23-66-71/h11,14-18,20-24,34-36,38,43-45,47,54-55,57,62,75H,8-10,12-13,19,25-33,37,39-42H2,1-7H3/p+1/b20-14+,46-34+/t44-,45-,47-,54+,55-,57-,62-/m0/s1. The zero-order valence-electron chi connectivity index (χ0n) is 50.0. The lowest BCUT2D eigenvalue weighted by atomic mass is 9.88. The number of carbonyl (C=O) groups excluding carboxylic acids is 8. The Labute approximate surface area is 493 Å². The van der Waals surface area contributed by atoms with Crippen LogP contribution in [0.4, 0.5) is 14.9 Å². The number of imide groups is 1. The van der Waals surface area contributed by atoms with Crippen LogP contribution in [-0.2, 0) is 62.5 Å². The molecule has 4 aliphatic rings. The molecule has 2 fully saturated rings. The highest BCUT2D eigenvalue weighted by molar-refractivity contribution is 6.12. The molecule has 7 atom stereocenters. The number of rotatable bonds is 22. The van der Waals surface area contributed by atoms with Gasteiger partial charge in [0, 0.05) is 99.6 Å². The van der Waals surface area contributed by atoms with Gasteiger partial charge in [-0.2, -0.15) is 5.10 Å². The monoisotopic (exact) mass is 1160 g/mol. The lowest BCUT2D eigenvalue weighted by molar-refractivity contribution is -0.926. The first-order valence-electron chi connectivity index (χ1n) is 29.8. The number of nitrogens with one attached hydrogen (secondary N) is 1. The van der Waals surface area contributed by atoms with Gasteiger partial charge in [0.1, 0.15) is 36.9 Å². The number of hydrogen-bond donors (Lipinski definition) is 2. The lowest BCUT2D eigenvalue weighted by Gasteiger charge is -2.42. The Morgan fingerprint density at radius 3 is 2.24 bits per heavy atom. The van der Waals surface area contributed by atoms with Gasteiger partial charge in [0.05, 0.1) is 51.8 Å². The number of carbonyl (C=O) groups is 8. The maximum atomic E-state index is 15.3. The van der Waals surface area contributed by atoms with Crippen LogP contribution < -0.4 is 10.2 Å². The van der Waals surface area contributed by atoms with Crippen LogP contribution in [0.2, 0.25) is 0 Å². The van der Waals surface area contributed by atoms with Gasteiger partial charge in [-0.1, -0.05) is 70.5 Å². The van der Waals surface area contributed by atoms with Crippen LogP contribution in [0.1, 0.15) is 110 Å². The number of benzene rings is 2. The molecular formula is C64H86FN8O11+. The van der Waals surface area contributed by atoms with E-state index in [1.54, 1.807) is 45.9 Å². The van der Waals surface area contributed by atoms with Gasteiger partial charge < -0.3 is 34.2 Å². The SMILES string of the molecule is C/C(=C\c1cc(F)cc(N2CCN(C(=O)Cn3cccn3)CC2)c1)[C@H]1OC(=O)C[C@H](O)CC[C@H](C)[C@@H](OC(=O)N2CC[N+](C)(Cc3ccc(CC(=O)[C@H](C)NC(=O)[C@@H](CC(=O)CCCCCN4C(=O)C=CC4=O)C(C)C)cc3)CC2)/C=C/[C@@H]1C. The maximum absolute atomic E-state index is 15.3. The number of cyclic esters (lactones) is 1. The number of ether oxygens (including phenoxy) is 2. The molecule has 5 heterocycles. The van der Waals surface area contributed by atoms with E-state index < -0.39 is 54.1 Å². The third-order valence-corrected chi connectivity index (χ3v) is 16.8. The molecule has 2 N–H and O–H groups in total. The highest BCUT2D eigenvalue weighted by Crippen LogP contribution is 2.29. The average molecular weight is 1160 g/mol. The number of likely N-dealkylation sites (N-methyl/N-ethyl adjacent to an activating group) is 1. The van der Waals surface area contributed by atoms with E-state index in [-0.39, 0.29) is 79.3 Å². The zero-order chi connectivity index (χ0) is 60.7. The van der Waals surface area contributed by atoms with Crippen LogP contribution >= 0.6 is 0 Å². The largest absolute Gasteiger partial charge is 0.457 e. The van der Waals surface area contributed by atoms with Crippen molar-refractivity contribution in [2.75, 3.05) is 70.9 Å². The summed E-state index contributed by atoms with van der Waals surface area (Å²) in [6.07, 6.45) is 11.5. The number of anilines is 1. The van der Waals surface area contributed by atoms with E-state index in [1.165, 1.54) is 29.2 Å². The molecule has 20 heteroatoms. The number of amides is 5. The molecule has 5 amide bonds. The molecule has 0 unspecified atom stereocenters. The van der Waals surface area contributed by atoms with Gasteiger partial charge in [-0.05, 0) is 98.4 Å². The van der Waals surface area contributed by atoms with Crippen molar-refractivity contribution in [3.8, 4) is 0 Å². The Balaban J connectivity index is 0.877. The summed E-state index contributed by atoms with van der Waals surface area (Å²) in [7, 11) is 2.15. The molecule has 0 spiro atoms. The number of aliphatic hydroxyl groups is 1. The van der Waals surface area contributed by atoms with Crippen LogP contribution in [-0.4, -0.2) is 172 Å². The second kappa shape index (κ2) is 30.0. The Hall–Kier alpha value is -7.32. The predicted molar refractivity (Wildman–Crippen MR) is 315 cm³/mol. The molecular weight excluding hydrogens is 1080 g/mol. The summed E-state index contributed by atoms with van der Waals surface area (Å²) in [6, 6.07) is 13.7. The number of piperazine rings is 2. The van der Waals surface area contributed by atoms with Crippen molar-refractivity contribution < 1.29 is 61.8 Å². The first-order valence-corrected chi connectivity index (χ1v) is 29.8. The number of unbranched alkanes of at least 4 members (excludes halogenated alkanes) is 2. The molecule has 7 rings (SSSR count). The molecule has 0 bridgehead atoms. The minimum atomic E-state index is -0.968. The topological polar surface area (TPSA) is 218 Å². The highest BCUT2D eigenvalue weighted by Gasteiger charge is 2.35. The third-order valence-electron chi connectivity index (χ3n) is 16.8. The van der Waals surface area contributed by atoms with Crippen molar-refractivity contribution in [1.82, 2.24) is 29.8 Å². The van der Waals surface area contributed by atoms with E-state index in [0.717, 1.165) is 11.1 Å². The summed E-state index contributed by atoms with van der Waals surface area (Å²) in [5.74, 6) is -3.48. The molecule has 0 saturated carbocycles. The van der Waals surface area contributed by atoms with Crippen molar-refractivity contribution in [2.45, 2.75) is 137 Å². The normalized spacial score (nSPS) is 22.7. The summed E-state index contributed by atoms with van der Waals surface area (Å²) in [4.78, 5) is 110. The van der Waals surface area contributed by atoms with Gasteiger partial charge in [0.25, 0.3) is 11.8 Å². The maximum Gasteiger partial charge on any atom is 0.410 e. The Kier molecular flexibility index (Phi) is 22.9. The lowest BCUT2D eigenvalue weighted by Crippen LogP contribution is -2.58. The van der Waals surface area contributed by atoms with Gasteiger partial charge in [-0.3, -0.25) is 48.0 Å². The zero-order valence-corrected chi connectivity index (χ0v) is 50.0. The van der Waals surface area contributed by atoms with Crippen molar-refractivity contribution in [1.29, 1.82) is 0 Å². The number of Topliss-reactive ketones (excluding diaryl/α,β-unsaturated/α-hetero) is 2. The fraction of sp³-hybridized carbons (Fsp3) is 0.547. The smallest absolute Gasteiger partial charge is 0.410 e. The first kappa shape index (κ1) is 64.2. The molecule has 1 aromatic heterocycles. The van der Waals surface area contributed by atoms with E-state index in [9.17, 15) is 43.5 Å². The van der Waals surface area contributed by atoms with Crippen molar-refractivity contribution in [2.24, 2.45) is 23.7 Å². The van der Waals surface area contributed by atoms with Crippen LogP contribution in [0, 0.1) is 29.5 Å². The number of aliphatic hydroxyl groups excluding tert-OH is 1. The van der Waals surface area contributed by atoms with Crippen molar-refractivity contribution in [3.05, 3.63) is 113 Å². The first-order chi connectivity index (χ1) is 40.0. The molecule has 4 aliphatic heterocycles. The van der Waals surface area contributed by atoms with Gasteiger partial charge in [-0.15, -0.1) is 0 Å². The summed E-state index contributed by atoms with van der Waals surface area (Å²) in [6.45, 7) is 16.6. The van der Waals surface area contributed by atoms with Gasteiger partial charge in [-0.25, -0.2) is 9.18 Å². The second-order valence-electron chi connectivity index (χ2n) is 24.1. The molecule has 19 nitrogen and oxygen atoms in total. The minimum absolute atomic E-state index is 0.0342. The Morgan fingerprint density at radius 1 is 0.881 bits per heavy atom. The van der Waals surface area contributed by atoms with E-state index in [0.29, 0.717) is 119 Å². The molecule has 0 radical (unpaired) electrons. The van der Waals surface area contributed by atoms with E-state index in [4.69, 9.17) is 9.47 Å². The Bertz CT molecular complexity index is 2870. The van der Waals surface area contributed by atoms with Gasteiger partial charge >= 0.3 is 12.1 Å². The number of ketones is 2. The molecule has 2 aromatic carbocycles. The minimum Gasteiger partial charge on any atom is -0.457 e. The highest BCUT2D eigenvalue weighted by atomic mass is 19.1. The third kappa shape index (κ3) is 18.6. The van der Waals surface area contributed by atoms with E-state index in [1.807, 2.05) is 82.0 Å². The number of halogens is 1. The van der Waals surface area contributed by atoms with Crippen molar-refractivity contribution >= 4 is 59.0 Å². The van der Waals surface area contributed by atoms with E-state index >= 15 is 4.39 Å². The summed E-state index contributed by atoms with van der Waals surface area (Å²) >= 11 is 0. The van der Waals surface area contributed by atoms with Crippen LogP contribution in [0.5, 0.6) is 0 Å². The molecule has 0 aliphatic carbocycles. The molecule has 454 valence electrons. The van der Waals surface area contributed by atoms with Crippen LogP contribution in [0.3, 0.4) is 0 Å².